The zero-order chi connectivity index (χ0) is 7.73. The molecule has 0 unspecified atom stereocenters. The van der Waals surface area contributed by atoms with Gasteiger partial charge in [-0.2, -0.15) is 0 Å². The SMILES string of the molecule is OCCCN1CC2(COC2)C1.[V]. The molecule has 2 saturated heterocycles. The van der Waals surface area contributed by atoms with Crippen molar-refractivity contribution in [2.45, 2.75) is 6.42 Å². The molecule has 0 bridgehead atoms. The van der Waals surface area contributed by atoms with Crippen LogP contribution in [0.4, 0.5) is 0 Å². The van der Waals surface area contributed by atoms with Crippen molar-refractivity contribution in [2.75, 3.05) is 39.5 Å². The number of hydrogen-bond acceptors (Lipinski definition) is 3. The summed E-state index contributed by atoms with van der Waals surface area (Å²) in [5.74, 6) is 0. The molecule has 2 fully saturated rings. The third-order valence-electron chi connectivity index (χ3n) is 2.57. The van der Waals surface area contributed by atoms with Gasteiger partial charge in [-0.15, -0.1) is 0 Å². The summed E-state index contributed by atoms with van der Waals surface area (Å²) in [5, 5.41) is 8.58. The first-order valence-electron chi connectivity index (χ1n) is 4.26. The molecule has 4 heteroatoms. The van der Waals surface area contributed by atoms with Gasteiger partial charge in [0.1, 0.15) is 0 Å². The summed E-state index contributed by atoms with van der Waals surface area (Å²) in [4.78, 5) is 2.39. The Bertz CT molecular complexity index is 142. The van der Waals surface area contributed by atoms with Crippen molar-refractivity contribution in [3.8, 4) is 0 Å². The summed E-state index contributed by atoms with van der Waals surface area (Å²) in [5.41, 5.74) is 0.537. The summed E-state index contributed by atoms with van der Waals surface area (Å²) in [6.07, 6.45) is 0.914. The van der Waals surface area contributed by atoms with Crippen LogP contribution in [0.2, 0.25) is 0 Å². The quantitative estimate of drug-likeness (QED) is 0.691. The van der Waals surface area contributed by atoms with E-state index in [0.717, 1.165) is 26.2 Å². The minimum absolute atomic E-state index is 0. The number of aliphatic hydroxyl groups is 1. The van der Waals surface area contributed by atoms with Crippen LogP contribution in [0, 0.1) is 5.41 Å². The van der Waals surface area contributed by atoms with Gasteiger partial charge in [-0.3, -0.25) is 0 Å². The third-order valence-corrected chi connectivity index (χ3v) is 2.57. The van der Waals surface area contributed by atoms with E-state index >= 15 is 0 Å². The number of nitrogens with zero attached hydrogens (tertiary/aromatic N) is 1. The number of hydrogen-bond donors (Lipinski definition) is 1. The number of aliphatic hydroxyl groups excluding tert-OH is 1. The van der Waals surface area contributed by atoms with Crippen LogP contribution in [0.3, 0.4) is 0 Å². The maximum Gasteiger partial charge on any atom is 0.0569 e. The Labute approximate surface area is 85.0 Å². The van der Waals surface area contributed by atoms with Crippen LogP contribution < -0.4 is 0 Å². The van der Waals surface area contributed by atoms with Crippen molar-refractivity contribution >= 4 is 0 Å². The van der Waals surface area contributed by atoms with Crippen molar-refractivity contribution in [2.24, 2.45) is 5.41 Å². The number of ether oxygens (including phenoxy) is 1. The van der Waals surface area contributed by atoms with E-state index < -0.39 is 0 Å². The first-order valence-corrected chi connectivity index (χ1v) is 4.26. The monoisotopic (exact) mass is 208 g/mol. The fourth-order valence-corrected chi connectivity index (χ4v) is 1.93. The van der Waals surface area contributed by atoms with Crippen molar-refractivity contribution < 1.29 is 28.4 Å². The minimum Gasteiger partial charge on any atom is -0.396 e. The Morgan fingerprint density at radius 1 is 1.33 bits per heavy atom. The van der Waals surface area contributed by atoms with Crippen LogP contribution in [0.25, 0.3) is 0 Å². The summed E-state index contributed by atoms with van der Waals surface area (Å²) in [6.45, 7) is 5.67. The average molecular weight is 208 g/mol. The first kappa shape index (κ1) is 10.5. The third kappa shape index (κ3) is 1.86. The van der Waals surface area contributed by atoms with E-state index in [0.29, 0.717) is 12.0 Å². The molecule has 3 nitrogen and oxygen atoms in total. The molecule has 69 valence electrons. The van der Waals surface area contributed by atoms with E-state index in [2.05, 4.69) is 4.90 Å². The van der Waals surface area contributed by atoms with E-state index in [9.17, 15) is 0 Å². The summed E-state index contributed by atoms with van der Waals surface area (Å²) in [7, 11) is 0. The zero-order valence-electron chi connectivity index (χ0n) is 7.20. The second-order valence-corrected chi connectivity index (χ2v) is 3.78. The van der Waals surface area contributed by atoms with Crippen LogP contribution in [-0.2, 0) is 23.3 Å². The molecular formula is C8H15NO2V. The maximum atomic E-state index is 8.58. The molecule has 1 radical (unpaired) electrons. The Hall–Kier alpha value is 0.464. The van der Waals surface area contributed by atoms with E-state index in [-0.39, 0.29) is 18.6 Å². The van der Waals surface area contributed by atoms with Gasteiger partial charge in [0, 0.05) is 50.2 Å². The van der Waals surface area contributed by atoms with Gasteiger partial charge in [0.05, 0.1) is 13.2 Å². The van der Waals surface area contributed by atoms with Gasteiger partial charge < -0.3 is 14.7 Å². The van der Waals surface area contributed by atoms with Gasteiger partial charge in [0.15, 0.2) is 0 Å². The number of likely N-dealkylation sites (tertiary alicyclic amines) is 1. The molecule has 0 aliphatic carbocycles. The molecule has 2 rings (SSSR count). The van der Waals surface area contributed by atoms with Crippen LogP contribution in [0.1, 0.15) is 6.42 Å². The topological polar surface area (TPSA) is 32.7 Å². The second-order valence-electron chi connectivity index (χ2n) is 3.78. The van der Waals surface area contributed by atoms with Crippen molar-refractivity contribution in [1.82, 2.24) is 4.90 Å². The molecule has 0 saturated carbocycles. The van der Waals surface area contributed by atoms with E-state index in [1.165, 1.54) is 13.1 Å². The smallest absolute Gasteiger partial charge is 0.0569 e. The predicted molar refractivity (Wildman–Crippen MR) is 41.4 cm³/mol. The van der Waals surface area contributed by atoms with E-state index in [1.807, 2.05) is 0 Å². The Kier molecular flexibility index (Phi) is 3.62. The first-order chi connectivity index (χ1) is 5.35. The van der Waals surface area contributed by atoms with Crippen LogP contribution in [-0.4, -0.2) is 49.5 Å². The zero-order valence-corrected chi connectivity index (χ0v) is 8.60. The number of rotatable bonds is 3. The molecule has 2 aliphatic rings. The van der Waals surface area contributed by atoms with Gasteiger partial charge in [-0.1, -0.05) is 0 Å². The molecule has 1 N–H and O–H groups in total. The van der Waals surface area contributed by atoms with Crippen molar-refractivity contribution in [3.63, 3.8) is 0 Å². The fourth-order valence-electron chi connectivity index (χ4n) is 1.93. The summed E-state index contributed by atoms with van der Waals surface area (Å²) < 4.78 is 5.16. The largest absolute Gasteiger partial charge is 0.396 e. The summed E-state index contributed by atoms with van der Waals surface area (Å²) >= 11 is 0. The van der Waals surface area contributed by atoms with Crippen LogP contribution >= 0.6 is 0 Å². The molecule has 0 aromatic rings. The van der Waals surface area contributed by atoms with E-state index in [1.54, 1.807) is 0 Å². The summed E-state index contributed by atoms with van der Waals surface area (Å²) in [6, 6.07) is 0. The Morgan fingerprint density at radius 2 is 2.00 bits per heavy atom. The second kappa shape index (κ2) is 4.12. The molecule has 0 aromatic heterocycles. The van der Waals surface area contributed by atoms with Gasteiger partial charge in [-0.25, -0.2) is 0 Å². The molecule has 0 amide bonds. The Morgan fingerprint density at radius 3 is 2.42 bits per heavy atom. The standard InChI is InChI=1S/C8H15NO2.V/c10-3-1-2-9-4-8(5-9)6-11-7-8;/h10H,1-7H2;. The van der Waals surface area contributed by atoms with Crippen LogP contribution in [0.5, 0.6) is 0 Å². The normalized spacial score (nSPS) is 25.8. The average Bonchev–Trinajstić information content (AvgIpc) is 1.81. The minimum atomic E-state index is 0. The maximum absolute atomic E-state index is 8.58. The molecule has 2 aliphatic heterocycles. The van der Waals surface area contributed by atoms with Crippen molar-refractivity contribution in [3.05, 3.63) is 0 Å². The fraction of sp³-hybridized carbons (Fsp3) is 1.00. The molecule has 0 aromatic carbocycles. The van der Waals surface area contributed by atoms with Gasteiger partial charge in [-0.05, 0) is 6.42 Å². The van der Waals surface area contributed by atoms with Gasteiger partial charge in [0.2, 0.25) is 0 Å². The van der Waals surface area contributed by atoms with Crippen molar-refractivity contribution in [1.29, 1.82) is 0 Å². The molecule has 1 spiro atoms. The molecule has 12 heavy (non-hydrogen) atoms. The van der Waals surface area contributed by atoms with Crippen LogP contribution in [0.15, 0.2) is 0 Å². The molecule has 2 heterocycles. The van der Waals surface area contributed by atoms with E-state index in [4.69, 9.17) is 9.84 Å². The van der Waals surface area contributed by atoms with Gasteiger partial charge >= 0.3 is 0 Å². The molecule has 0 atom stereocenters. The van der Waals surface area contributed by atoms with Gasteiger partial charge in [0.25, 0.3) is 0 Å². The molecular weight excluding hydrogens is 193 g/mol. The predicted octanol–water partition coefficient (Wildman–Crippen LogP) is -0.301. The Balaban J connectivity index is 0.000000720.